The maximum Gasteiger partial charge on any atom is 0.0348 e. The Balaban J connectivity index is 1.74. The standard InChI is InChI=1S/C19H24BrN/c1-13(2)14-4-3-5-18(11-14)21-19-9-7-15-10-17(20)8-6-16(15)12-19/h6-10,12-14,18,21H,3-5,11H2,1-2H3. The van der Waals surface area contributed by atoms with Crippen LogP contribution in [0.2, 0.25) is 0 Å². The minimum Gasteiger partial charge on any atom is -0.382 e. The molecule has 0 bridgehead atoms. The Morgan fingerprint density at radius 3 is 2.62 bits per heavy atom. The molecule has 0 amide bonds. The third-order valence-electron chi connectivity index (χ3n) is 4.83. The van der Waals surface area contributed by atoms with Gasteiger partial charge in [0.25, 0.3) is 0 Å². The third kappa shape index (κ3) is 3.60. The lowest BCUT2D eigenvalue weighted by molar-refractivity contribution is 0.264. The van der Waals surface area contributed by atoms with Crippen molar-refractivity contribution in [2.45, 2.75) is 45.6 Å². The van der Waals surface area contributed by atoms with E-state index in [1.54, 1.807) is 0 Å². The van der Waals surface area contributed by atoms with Gasteiger partial charge in [0.15, 0.2) is 0 Å². The summed E-state index contributed by atoms with van der Waals surface area (Å²) in [5, 5.41) is 6.36. The van der Waals surface area contributed by atoms with Gasteiger partial charge in [-0.1, -0.05) is 54.8 Å². The molecular formula is C19H24BrN. The summed E-state index contributed by atoms with van der Waals surface area (Å²) in [5.74, 6) is 1.69. The van der Waals surface area contributed by atoms with Gasteiger partial charge in [0.1, 0.15) is 0 Å². The molecule has 1 aliphatic carbocycles. The van der Waals surface area contributed by atoms with Crippen LogP contribution in [0, 0.1) is 11.8 Å². The number of halogens is 1. The normalized spacial score (nSPS) is 22.7. The molecule has 0 aliphatic heterocycles. The summed E-state index contributed by atoms with van der Waals surface area (Å²) in [6.07, 6.45) is 5.39. The fraction of sp³-hybridized carbons (Fsp3) is 0.474. The van der Waals surface area contributed by atoms with Crippen molar-refractivity contribution >= 4 is 32.4 Å². The van der Waals surface area contributed by atoms with E-state index in [9.17, 15) is 0 Å². The summed E-state index contributed by atoms with van der Waals surface area (Å²) < 4.78 is 1.14. The molecule has 1 nitrogen and oxygen atoms in total. The largest absolute Gasteiger partial charge is 0.382 e. The van der Waals surface area contributed by atoms with Crippen LogP contribution in [0.3, 0.4) is 0 Å². The Bertz CT molecular complexity index is 620. The highest BCUT2D eigenvalue weighted by molar-refractivity contribution is 9.10. The van der Waals surface area contributed by atoms with Crippen molar-refractivity contribution in [1.82, 2.24) is 0 Å². The Morgan fingerprint density at radius 2 is 1.81 bits per heavy atom. The fourth-order valence-corrected chi connectivity index (χ4v) is 3.89. The quantitative estimate of drug-likeness (QED) is 0.695. The van der Waals surface area contributed by atoms with Gasteiger partial charge in [-0.2, -0.15) is 0 Å². The predicted molar refractivity (Wildman–Crippen MR) is 95.9 cm³/mol. The molecule has 1 saturated carbocycles. The SMILES string of the molecule is CC(C)C1CCCC(Nc2ccc3cc(Br)ccc3c2)C1. The summed E-state index contributed by atoms with van der Waals surface area (Å²) in [7, 11) is 0. The van der Waals surface area contributed by atoms with Crippen LogP contribution in [0.5, 0.6) is 0 Å². The van der Waals surface area contributed by atoms with Gasteiger partial charge in [0.05, 0.1) is 0 Å². The molecule has 0 aromatic heterocycles. The number of benzene rings is 2. The monoisotopic (exact) mass is 345 g/mol. The highest BCUT2D eigenvalue weighted by atomic mass is 79.9. The molecule has 0 heterocycles. The summed E-state index contributed by atoms with van der Waals surface area (Å²) in [6.45, 7) is 4.72. The van der Waals surface area contributed by atoms with Crippen molar-refractivity contribution in [1.29, 1.82) is 0 Å². The minimum atomic E-state index is 0.638. The first-order valence-corrected chi connectivity index (χ1v) is 8.87. The van der Waals surface area contributed by atoms with Gasteiger partial charge in [0, 0.05) is 16.2 Å². The minimum absolute atomic E-state index is 0.638. The van der Waals surface area contributed by atoms with Crippen LogP contribution < -0.4 is 5.32 Å². The van der Waals surface area contributed by atoms with Crippen LogP contribution in [0.1, 0.15) is 39.5 Å². The number of hydrogen-bond acceptors (Lipinski definition) is 1. The molecule has 2 heteroatoms. The first kappa shape index (κ1) is 14.9. The van der Waals surface area contributed by atoms with Crippen LogP contribution in [-0.2, 0) is 0 Å². The molecular weight excluding hydrogens is 322 g/mol. The van der Waals surface area contributed by atoms with E-state index in [0.29, 0.717) is 6.04 Å². The second kappa shape index (κ2) is 6.39. The number of anilines is 1. The lowest BCUT2D eigenvalue weighted by atomic mass is 9.79. The van der Waals surface area contributed by atoms with Gasteiger partial charge in [-0.05, 0) is 59.7 Å². The van der Waals surface area contributed by atoms with Crippen molar-refractivity contribution in [2.75, 3.05) is 5.32 Å². The van der Waals surface area contributed by atoms with E-state index in [0.717, 1.165) is 16.3 Å². The van der Waals surface area contributed by atoms with E-state index in [1.807, 2.05) is 0 Å². The van der Waals surface area contributed by atoms with Crippen molar-refractivity contribution < 1.29 is 0 Å². The molecule has 1 N–H and O–H groups in total. The van der Waals surface area contributed by atoms with E-state index in [2.05, 4.69) is 71.5 Å². The molecule has 21 heavy (non-hydrogen) atoms. The van der Waals surface area contributed by atoms with Crippen LogP contribution >= 0.6 is 15.9 Å². The Labute approximate surface area is 136 Å². The second-order valence-corrected chi connectivity index (χ2v) is 7.63. The lowest BCUT2D eigenvalue weighted by Crippen LogP contribution is -2.29. The van der Waals surface area contributed by atoms with E-state index < -0.39 is 0 Å². The number of nitrogens with one attached hydrogen (secondary N) is 1. The maximum absolute atomic E-state index is 3.76. The highest BCUT2D eigenvalue weighted by Gasteiger charge is 2.23. The number of rotatable bonds is 3. The average Bonchev–Trinajstić information content (AvgIpc) is 2.48. The fourth-order valence-electron chi connectivity index (χ4n) is 3.51. The zero-order valence-electron chi connectivity index (χ0n) is 12.9. The molecule has 2 aromatic rings. The Kier molecular flexibility index (Phi) is 4.54. The van der Waals surface area contributed by atoms with Crippen molar-refractivity contribution in [2.24, 2.45) is 11.8 Å². The van der Waals surface area contributed by atoms with Crippen molar-refractivity contribution in [3.63, 3.8) is 0 Å². The van der Waals surface area contributed by atoms with Crippen molar-refractivity contribution in [3.05, 3.63) is 40.9 Å². The average molecular weight is 346 g/mol. The predicted octanol–water partition coefficient (Wildman–Crippen LogP) is 6.23. The molecule has 3 rings (SSSR count). The van der Waals surface area contributed by atoms with Crippen LogP contribution in [0.25, 0.3) is 10.8 Å². The molecule has 1 aliphatic rings. The summed E-state index contributed by atoms with van der Waals surface area (Å²) >= 11 is 3.54. The molecule has 2 aromatic carbocycles. The van der Waals surface area contributed by atoms with Crippen molar-refractivity contribution in [3.8, 4) is 0 Å². The first-order chi connectivity index (χ1) is 10.1. The first-order valence-electron chi connectivity index (χ1n) is 8.07. The molecule has 0 spiro atoms. The van der Waals surface area contributed by atoms with Crippen LogP contribution in [0.4, 0.5) is 5.69 Å². The third-order valence-corrected chi connectivity index (χ3v) is 5.32. The van der Waals surface area contributed by atoms with Crippen LogP contribution in [0.15, 0.2) is 40.9 Å². The molecule has 0 radical (unpaired) electrons. The zero-order chi connectivity index (χ0) is 14.8. The van der Waals surface area contributed by atoms with E-state index in [1.165, 1.54) is 42.1 Å². The molecule has 2 atom stereocenters. The van der Waals surface area contributed by atoms with E-state index in [-0.39, 0.29) is 0 Å². The lowest BCUT2D eigenvalue weighted by Gasteiger charge is -2.32. The summed E-state index contributed by atoms with van der Waals surface area (Å²) in [5.41, 5.74) is 1.26. The molecule has 1 fully saturated rings. The van der Waals surface area contributed by atoms with Gasteiger partial charge >= 0.3 is 0 Å². The Morgan fingerprint density at radius 1 is 1.05 bits per heavy atom. The number of fused-ring (bicyclic) bond motifs is 1. The maximum atomic E-state index is 3.76. The van der Waals surface area contributed by atoms with Crippen LogP contribution in [-0.4, -0.2) is 6.04 Å². The van der Waals surface area contributed by atoms with Gasteiger partial charge in [0.2, 0.25) is 0 Å². The number of hydrogen-bond donors (Lipinski definition) is 1. The van der Waals surface area contributed by atoms with E-state index >= 15 is 0 Å². The van der Waals surface area contributed by atoms with Gasteiger partial charge < -0.3 is 5.32 Å². The summed E-state index contributed by atoms with van der Waals surface area (Å²) in [6, 6.07) is 13.8. The van der Waals surface area contributed by atoms with Gasteiger partial charge in [-0.15, -0.1) is 0 Å². The topological polar surface area (TPSA) is 12.0 Å². The molecule has 112 valence electrons. The van der Waals surface area contributed by atoms with Gasteiger partial charge in [-0.25, -0.2) is 0 Å². The molecule has 0 saturated heterocycles. The Hall–Kier alpha value is -1.02. The summed E-state index contributed by atoms with van der Waals surface area (Å²) in [4.78, 5) is 0. The molecule has 2 unspecified atom stereocenters. The zero-order valence-corrected chi connectivity index (χ0v) is 14.5. The van der Waals surface area contributed by atoms with Gasteiger partial charge in [-0.3, -0.25) is 0 Å². The van der Waals surface area contributed by atoms with E-state index in [4.69, 9.17) is 0 Å². The smallest absolute Gasteiger partial charge is 0.0348 e. The highest BCUT2D eigenvalue weighted by Crippen LogP contribution is 2.32. The second-order valence-electron chi connectivity index (χ2n) is 6.72.